The van der Waals surface area contributed by atoms with Crippen molar-refractivity contribution in [2.45, 2.75) is 0 Å². The van der Waals surface area contributed by atoms with Crippen molar-refractivity contribution in [3.05, 3.63) is 41.2 Å². The van der Waals surface area contributed by atoms with Gasteiger partial charge in [-0.25, -0.2) is 9.18 Å². The number of hydrogen-bond acceptors (Lipinski definition) is 2. The maximum atomic E-state index is 12.8. The molecule has 4 heteroatoms. The number of benzene rings is 1. The van der Waals surface area contributed by atoms with Gasteiger partial charge in [-0.2, -0.15) is 0 Å². The van der Waals surface area contributed by atoms with Crippen LogP contribution in [0.15, 0.2) is 24.8 Å². The first-order valence-electron chi connectivity index (χ1n) is 3.79. The second kappa shape index (κ2) is 4.24. The summed E-state index contributed by atoms with van der Waals surface area (Å²) in [5, 5.41) is -0.0486. The van der Waals surface area contributed by atoms with E-state index in [9.17, 15) is 9.18 Å². The summed E-state index contributed by atoms with van der Waals surface area (Å²) in [5.41, 5.74) is 0.595. The Morgan fingerprint density at radius 2 is 2.21 bits per heavy atom. The van der Waals surface area contributed by atoms with Crippen LogP contribution in [0.3, 0.4) is 0 Å². The first-order chi connectivity index (χ1) is 6.56. The molecule has 0 aromatic heterocycles. The van der Waals surface area contributed by atoms with Gasteiger partial charge in [-0.1, -0.05) is 24.2 Å². The second-order valence-electron chi connectivity index (χ2n) is 2.60. The molecule has 0 fully saturated rings. The molecule has 0 amide bonds. The van der Waals surface area contributed by atoms with Gasteiger partial charge in [0.25, 0.3) is 0 Å². The minimum absolute atomic E-state index is 0.0486. The van der Waals surface area contributed by atoms with Crippen LogP contribution in [0.4, 0.5) is 4.39 Å². The minimum atomic E-state index is -0.562. The van der Waals surface area contributed by atoms with E-state index in [0.29, 0.717) is 5.56 Å². The number of ether oxygens (including phenoxy) is 1. The van der Waals surface area contributed by atoms with Crippen LogP contribution < -0.4 is 0 Å². The summed E-state index contributed by atoms with van der Waals surface area (Å²) in [6, 6.07) is 3.92. The third-order valence-electron chi connectivity index (χ3n) is 1.70. The third-order valence-corrected chi connectivity index (χ3v) is 1.99. The van der Waals surface area contributed by atoms with Crippen LogP contribution in [0.1, 0.15) is 5.56 Å². The lowest BCUT2D eigenvalue weighted by atomic mass is 10.1. The van der Waals surface area contributed by atoms with Gasteiger partial charge < -0.3 is 4.74 Å². The third kappa shape index (κ3) is 2.12. The number of rotatable bonds is 2. The van der Waals surface area contributed by atoms with Gasteiger partial charge in [-0.15, -0.1) is 0 Å². The molecule has 0 bridgehead atoms. The Morgan fingerprint density at radius 3 is 2.71 bits per heavy atom. The van der Waals surface area contributed by atoms with Crippen molar-refractivity contribution in [2.24, 2.45) is 0 Å². The molecule has 0 heterocycles. The van der Waals surface area contributed by atoms with Crippen LogP contribution >= 0.6 is 11.6 Å². The van der Waals surface area contributed by atoms with E-state index in [0.717, 1.165) is 0 Å². The zero-order valence-electron chi connectivity index (χ0n) is 7.51. The molecule has 1 rings (SSSR count). The Kier molecular flexibility index (Phi) is 3.25. The Balaban J connectivity index is 3.03. The normalized spacial score (nSPS) is 9.64. The van der Waals surface area contributed by atoms with Gasteiger partial charge in [0.15, 0.2) is 0 Å². The molecule has 0 unspecified atom stereocenters. The lowest BCUT2D eigenvalue weighted by Crippen LogP contribution is -2.02. The highest BCUT2D eigenvalue weighted by Gasteiger charge is 2.10. The van der Waals surface area contributed by atoms with Gasteiger partial charge in [0.2, 0.25) is 0 Å². The van der Waals surface area contributed by atoms with Crippen LogP contribution in [0.25, 0.3) is 5.57 Å². The maximum Gasteiger partial charge on any atom is 0.337 e. The zero-order chi connectivity index (χ0) is 10.7. The van der Waals surface area contributed by atoms with Gasteiger partial charge in [-0.3, -0.25) is 0 Å². The van der Waals surface area contributed by atoms with E-state index in [-0.39, 0.29) is 10.6 Å². The largest absolute Gasteiger partial charge is 0.465 e. The van der Waals surface area contributed by atoms with Crippen molar-refractivity contribution in [3.63, 3.8) is 0 Å². The van der Waals surface area contributed by atoms with E-state index in [2.05, 4.69) is 11.3 Å². The van der Waals surface area contributed by atoms with Crippen molar-refractivity contribution in [3.8, 4) is 0 Å². The quantitative estimate of drug-likeness (QED) is 0.559. The minimum Gasteiger partial charge on any atom is -0.465 e. The number of carbonyl (C=O) groups excluding carboxylic acids is 1. The van der Waals surface area contributed by atoms with Gasteiger partial charge >= 0.3 is 5.97 Å². The highest BCUT2D eigenvalue weighted by atomic mass is 35.5. The van der Waals surface area contributed by atoms with Gasteiger partial charge in [0, 0.05) is 0 Å². The monoisotopic (exact) mass is 214 g/mol. The van der Waals surface area contributed by atoms with Crippen LogP contribution in [-0.4, -0.2) is 13.1 Å². The molecule has 0 aliphatic heterocycles. The molecule has 0 atom stereocenters. The summed E-state index contributed by atoms with van der Waals surface area (Å²) < 4.78 is 17.2. The van der Waals surface area contributed by atoms with E-state index < -0.39 is 11.8 Å². The smallest absolute Gasteiger partial charge is 0.337 e. The molecule has 2 nitrogen and oxygen atoms in total. The predicted octanol–water partition coefficient (Wildman–Crippen LogP) is 2.67. The molecular weight excluding hydrogens is 207 g/mol. The number of carbonyl (C=O) groups is 1. The van der Waals surface area contributed by atoms with Crippen molar-refractivity contribution >= 4 is 23.1 Å². The molecule has 0 radical (unpaired) electrons. The zero-order valence-corrected chi connectivity index (χ0v) is 8.27. The molecule has 0 N–H and O–H groups in total. The van der Waals surface area contributed by atoms with E-state index in [1.165, 1.54) is 25.3 Å². The molecule has 0 aliphatic rings. The van der Waals surface area contributed by atoms with Crippen LogP contribution in [0.2, 0.25) is 5.02 Å². The number of esters is 1. The molecule has 0 saturated carbocycles. The molecule has 0 aliphatic carbocycles. The SMILES string of the molecule is C=C(C(=O)OC)c1ccc(F)c(Cl)c1. The molecule has 14 heavy (non-hydrogen) atoms. The first kappa shape index (κ1) is 10.7. The fraction of sp³-hybridized carbons (Fsp3) is 0.100. The highest BCUT2D eigenvalue weighted by Crippen LogP contribution is 2.21. The van der Waals surface area contributed by atoms with Gasteiger partial charge in [0.05, 0.1) is 17.7 Å². The molecule has 1 aromatic rings. The summed E-state index contributed by atoms with van der Waals surface area (Å²) >= 11 is 5.54. The highest BCUT2D eigenvalue weighted by molar-refractivity contribution is 6.31. The molecule has 0 spiro atoms. The Morgan fingerprint density at radius 1 is 1.57 bits per heavy atom. The summed E-state index contributed by atoms with van der Waals surface area (Å²) in [4.78, 5) is 11.0. The molecule has 1 aromatic carbocycles. The van der Waals surface area contributed by atoms with Crippen LogP contribution in [0, 0.1) is 5.82 Å². The second-order valence-corrected chi connectivity index (χ2v) is 3.01. The summed E-state index contributed by atoms with van der Waals surface area (Å²) in [6.45, 7) is 3.51. The Bertz CT molecular complexity index is 388. The van der Waals surface area contributed by atoms with E-state index in [1.54, 1.807) is 0 Å². The lowest BCUT2D eigenvalue weighted by molar-refractivity contribution is -0.133. The average molecular weight is 215 g/mol. The van der Waals surface area contributed by atoms with Crippen molar-refractivity contribution < 1.29 is 13.9 Å². The van der Waals surface area contributed by atoms with Crippen LogP contribution in [-0.2, 0) is 9.53 Å². The van der Waals surface area contributed by atoms with Crippen LogP contribution in [0.5, 0.6) is 0 Å². The van der Waals surface area contributed by atoms with E-state index in [4.69, 9.17) is 11.6 Å². The molecule has 74 valence electrons. The average Bonchev–Trinajstić information content (AvgIpc) is 2.20. The molecule has 0 saturated heterocycles. The standard InChI is InChI=1S/C10H8ClFO2/c1-6(10(13)14-2)7-3-4-9(12)8(11)5-7/h3-5H,1H2,2H3. The van der Waals surface area contributed by atoms with Crippen molar-refractivity contribution in [1.29, 1.82) is 0 Å². The maximum absolute atomic E-state index is 12.8. The first-order valence-corrected chi connectivity index (χ1v) is 4.16. The molecular formula is C10H8ClFO2. The van der Waals surface area contributed by atoms with Gasteiger partial charge in [-0.05, 0) is 17.7 Å². The van der Waals surface area contributed by atoms with Crippen molar-refractivity contribution in [1.82, 2.24) is 0 Å². The number of methoxy groups -OCH3 is 1. The Hall–Kier alpha value is -1.35. The number of halogens is 2. The van der Waals surface area contributed by atoms with E-state index >= 15 is 0 Å². The number of hydrogen-bond donors (Lipinski definition) is 0. The van der Waals surface area contributed by atoms with Crippen molar-refractivity contribution in [2.75, 3.05) is 7.11 Å². The van der Waals surface area contributed by atoms with Gasteiger partial charge in [0.1, 0.15) is 5.82 Å². The van der Waals surface area contributed by atoms with E-state index in [1.807, 2.05) is 0 Å². The lowest BCUT2D eigenvalue weighted by Gasteiger charge is -2.04. The summed E-state index contributed by atoms with van der Waals surface area (Å²) in [7, 11) is 1.25. The fourth-order valence-corrected chi connectivity index (χ4v) is 1.11. The fourth-order valence-electron chi connectivity index (χ4n) is 0.925. The predicted molar refractivity (Wildman–Crippen MR) is 52.5 cm³/mol. The topological polar surface area (TPSA) is 26.3 Å². The summed E-state index contributed by atoms with van der Waals surface area (Å²) in [5.74, 6) is -1.10. The Labute approximate surface area is 85.9 Å². The summed E-state index contributed by atoms with van der Waals surface area (Å²) in [6.07, 6.45) is 0.